The van der Waals surface area contributed by atoms with Gasteiger partial charge in [-0.1, -0.05) is 20.8 Å². The summed E-state index contributed by atoms with van der Waals surface area (Å²) >= 11 is 0. The quantitative estimate of drug-likeness (QED) is 0.645. The van der Waals surface area contributed by atoms with Crippen LogP contribution < -0.4 is 16.0 Å². The van der Waals surface area contributed by atoms with Crippen molar-refractivity contribution < 1.29 is 27.6 Å². The molecule has 9 nitrogen and oxygen atoms in total. The van der Waals surface area contributed by atoms with E-state index < -0.39 is 40.5 Å². The Balaban J connectivity index is 1.74. The Morgan fingerprint density at radius 3 is 2.30 bits per heavy atom. The van der Waals surface area contributed by atoms with Crippen LogP contribution in [0.2, 0.25) is 0 Å². The van der Waals surface area contributed by atoms with Crippen LogP contribution in [0.3, 0.4) is 0 Å². The topological polar surface area (TPSA) is 118 Å². The van der Waals surface area contributed by atoms with E-state index in [1.54, 1.807) is 20.8 Å². The van der Waals surface area contributed by atoms with Crippen LogP contribution in [-0.2, 0) is 11.0 Å². The summed E-state index contributed by atoms with van der Waals surface area (Å²) in [4.78, 5) is 37.4. The second-order valence-corrected chi connectivity index (χ2v) is 7.81. The third-order valence-electron chi connectivity index (χ3n) is 4.89. The second kappa shape index (κ2) is 7.11. The first-order chi connectivity index (χ1) is 13.8. The number of hydrogen-bond donors (Lipinski definition) is 3. The number of amides is 4. The molecule has 0 unspecified atom stereocenters. The van der Waals surface area contributed by atoms with Crippen LogP contribution in [0, 0.1) is 5.41 Å². The zero-order valence-corrected chi connectivity index (χ0v) is 16.3. The fraction of sp³-hybridized carbons (Fsp3) is 0.389. The minimum Gasteiger partial charge on any atom is -0.348 e. The van der Waals surface area contributed by atoms with E-state index in [9.17, 15) is 27.6 Å². The normalized spacial score (nSPS) is 19.4. The largest absolute Gasteiger partial charge is 0.416 e. The Bertz CT molecular complexity index is 994. The van der Waals surface area contributed by atoms with Crippen molar-refractivity contribution in [2.24, 2.45) is 5.41 Å². The van der Waals surface area contributed by atoms with Crippen molar-refractivity contribution in [3.05, 3.63) is 41.7 Å². The summed E-state index contributed by atoms with van der Waals surface area (Å²) in [6.45, 7) is 5.03. The molecule has 1 aliphatic rings. The number of nitrogens with one attached hydrogen (secondary N) is 3. The number of alkyl halides is 3. The Labute approximate surface area is 169 Å². The highest BCUT2D eigenvalue weighted by molar-refractivity contribution is 6.08. The molecule has 1 fully saturated rings. The predicted octanol–water partition coefficient (Wildman–Crippen LogP) is 1.64. The molecule has 2 aromatic rings. The molecule has 0 radical (unpaired) electrons. The van der Waals surface area contributed by atoms with E-state index in [0.717, 1.165) is 23.1 Å². The Morgan fingerprint density at radius 2 is 1.80 bits per heavy atom. The van der Waals surface area contributed by atoms with Crippen LogP contribution in [0.4, 0.5) is 18.0 Å². The highest BCUT2D eigenvalue weighted by Gasteiger charge is 2.54. The highest BCUT2D eigenvalue weighted by Crippen LogP contribution is 2.32. The van der Waals surface area contributed by atoms with Crippen molar-refractivity contribution in [3.8, 4) is 5.69 Å². The lowest BCUT2D eigenvalue weighted by molar-refractivity contribution is -0.137. The fourth-order valence-corrected chi connectivity index (χ4v) is 2.99. The summed E-state index contributed by atoms with van der Waals surface area (Å²) in [6.07, 6.45) is -3.32. The molecule has 160 valence electrons. The number of imide groups is 1. The number of halogens is 3. The third-order valence-corrected chi connectivity index (χ3v) is 4.89. The van der Waals surface area contributed by atoms with Gasteiger partial charge in [0.2, 0.25) is 0 Å². The predicted molar refractivity (Wildman–Crippen MR) is 97.6 cm³/mol. The van der Waals surface area contributed by atoms with Crippen molar-refractivity contribution in [2.75, 3.05) is 6.54 Å². The molecule has 1 aliphatic heterocycles. The Kier molecular flexibility index (Phi) is 5.04. The van der Waals surface area contributed by atoms with E-state index >= 15 is 0 Å². The number of rotatable bonds is 4. The van der Waals surface area contributed by atoms with Gasteiger partial charge in [-0.3, -0.25) is 14.9 Å². The van der Waals surface area contributed by atoms with Crippen molar-refractivity contribution in [3.63, 3.8) is 0 Å². The van der Waals surface area contributed by atoms with Crippen LogP contribution in [0.1, 0.15) is 36.8 Å². The number of carbonyl (C=O) groups excluding carboxylic acids is 3. The molecule has 1 saturated heterocycles. The number of urea groups is 1. The maximum atomic E-state index is 12.7. The van der Waals surface area contributed by atoms with E-state index in [1.165, 1.54) is 12.1 Å². The van der Waals surface area contributed by atoms with Gasteiger partial charge in [0.1, 0.15) is 5.54 Å². The number of nitrogens with zero attached hydrogens (tertiary/aromatic N) is 3. The van der Waals surface area contributed by atoms with Gasteiger partial charge >= 0.3 is 12.2 Å². The molecule has 0 aliphatic carbocycles. The third kappa shape index (κ3) is 3.84. The molecule has 3 N–H and O–H groups in total. The smallest absolute Gasteiger partial charge is 0.348 e. The average molecular weight is 424 g/mol. The minimum atomic E-state index is -4.47. The number of hydrogen-bond acceptors (Lipinski definition) is 5. The van der Waals surface area contributed by atoms with Crippen LogP contribution in [0.15, 0.2) is 30.5 Å². The zero-order valence-electron chi connectivity index (χ0n) is 16.3. The van der Waals surface area contributed by atoms with Gasteiger partial charge in [-0.15, -0.1) is 5.10 Å². The molecular formula is C18H19F3N6O3. The molecule has 0 saturated carbocycles. The van der Waals surface area contributed by atoms with Gasteiger partial charge in [-0.2, -0.15) is 23.1 Å². The van der Waals surface area contributed by atoms with E-state index in [1.807, 2.05) is 0 Å². The van der Waals surface area contributed by atoms with Crippen LogP contribution >= 0.6 is 0 Å². The molecule has 1 aromatic heterocycles. The summed E-state index contributed by atoms with van der Waals surface area (Å²) in [7, 11) is 0. The SMILES string of the molecule is CC(C)(C)[C@]1(CNC(=O)c2cnn(-c3ccc(C(F)(F)F)cc3)n2)NC(=O)NC1=O. The van der Waals surface area contributed by atoms with Gasteiger partial charge in [-0.25, -0.2) is 4.79 Å². The van der Waals surface area contributed by atoms with E-state index in [2.05, 4.69) is 26.1 Å². The van der Waals surface area contributed by atoms with Crippen LogP contribution in [-0.4, -0.2) is 44.9 Å². The molecule has 1 aromatic carbocycles. The number of carbonyl (C=O) groups is 3. The summed E-state index contributed by atoms with van der Waals surface area (Å²) < 4.78 is 38.0. The van der Waals surface area contributed by atoms with Crippen molar-refractivity contribution >= 4 is 17.8 Å². The summed E-state index contributed by atoms with van der Waals surface area (Å²) in [5.74, 6) is -1.22. The molecular weight excluding hydrogens is 405 g/mol. The van der Waals surface area contributed by atoms with E-state index in [4.69, 9.17) is 0 Å². The van der Waals surface area contributed by atoms with Crippen molar-refractivity contribution in [1.82, 2.24) is 30.9 Å². The average Bonchev–Trinajstić information content (AvgIpc) is 3.24. The minimum absolute atomic E-state index is 0.108. The lowest BCUT2D eigenvalue weighted by Gasteiger charge is -2.38. The fourth-order valence-electron chi connectivity index (χ4n) is 2.99. The van der Waals surface area contributed by atoms with Crippen LogP contribution in [0.25, 0.3) is 5.69 Å². The van der Waals surface area contributed by atoms with Gasteiger partial charge < -0.3 is 10.6 Å². The number of aromatic nitrogens is 3. The molecule has 30 heavy (non-hydrogen) atoms. The second-order valence-electron chi connectivity index (χ2n) is 7.81. The Morgan fingerprint density at radius 1 is 1.17 bits per heavy atom. The van der Waals surface area contributed by atoms with E-state index in [0.29, 0.717) is 0 Å². The maximum absolute atomic E-state index is 12.7. The maximum Gasteiger partial charge on any atom is 0.416 e. The van der Waals surface area contributed by atoms with Crippen molar-refractivity contribution in [2.45, 2.75) is 32.5 Å². The Hall–Kier alpha value is -3.44. The van der Waals surface area contributed by atoms with Gasteiger partial charge in [-0.05, 0) is 29.7 Å². The lowest BCUT2D eigenvalue weighted by Crippen LogP contribution is -2.63. The monoisotopic (exact) mass is 424 g/mol. The zero-order chi connectivity index (χ0) is 22.3. The molecule has 1 atom stereocenters. The molecule has 4 amide bonds. The molecule has 12 heteroatoms. The van der Waals surface area contributed by atoms with Gasteiger partial charge in [0.15, 0.2) is 5.69 Å². The highest BCUT2D eigenvalue weighted by atomic mass is 19.4. The number of benzene rings is 1. The van der Waals surface area contributed by atoms with Crippen molar-refractivity contribution in [1.29, 1.82) is 0 Å². The summed E-state index contributed by atoms with van der Waals surface area (Å²) in [6, 6.07) is 3.46. The first-order valence-corrected chi connectivity index (χ1v) is 8.85. The summed E-state index contributed by atoms with van der Waals surface area (Å²) in [5.41, 5.74) is -2.77. The van der Waals surface area contributed by atoms with Gasteiger partial charge in [0, 0.05) is 0 Å². The van der Waals surface area contributed by atoms with Gasteiger partial charge in [0.25, 0.3) is 11.8 Å². The van der Waals surface area contributed by atoms with E-state index in [-0.39, 0.29) is 17.9 Å². The molecule has 0 spiro atoms. The van der Waals surface area contributed by atoms with Crippen LogP contribution in [0.5, 0.6) is 0 Å². The molecule has 0 bridgehead atoms. The lowest BCUT2D eigenvalue weighted by atomic mass is 9.73. The summed E-state index contributed by atoms with van der Waals surface area (Å²) in [5, 5.41) is 15.1. The first-order valence-electron chi connectivity index (χ1n) is 8.85. The molecule has 3 rings (SSSR count). The standard InChI is InChI=1S/C18H19F3N6O3/c1-16(2,3)17(14(29)24-15(30)25-17)9-22-13(28)12-8-23-27(26-12)11-6-4-10(5-7-11)18(19,20)21/h4-8H,9H2,1-3H3,(H,22,28)(H2,24,25,29,30)/t17-/m1/s1. The molecule has 2 heterocycles. The van der Waals surface area contributed by atoms with Gasteiger partial charge in [0.05, 0.1) is 24.0 Å². The first kappa shape index (κ1) is 21.3.